The van der Waals surface area contributed by atoms with Crippen LogP contribution in [0, 0.1) is 12.1 Å². The normalized spacial score (nSPS) is 11.6. The van der Waals surface area contributed by atoms with Crippen molar-refractivity contribution in [3.63, 3.8) is 0 Å². The number of hydrogen-bond acceptors (Lipinski definition) is 3. The molecule has 0 unspecified atom stereocenters. The Bertz CT molecular complexity index is 3190. The first kappa shape index (κ1) is 32.1. The Labute approximate surface area is 324 Å². The second kappa shape index (κ2) is 12.8. The van der Waals surface area contributed by atoms with Crippen molar-refractivity contribution in [3.8, 4) is 39.6 Å². The number of fused-ring (bicyclic) bond motifs is 11. The van der Waals surface area contributed by atoms with Gasteiger partial charge in [0.05, 0.1) is 16.7 Å². The second-order valence-electron chi connectivity index (χ2n) is 13.3. The fourth-order valence-electron chi connectivity index (χ4n) is 7.85. The molecule has 0 N–H and O–H groups in total. The zero-order chi connectivity index (χ0) is 34.9. The van der Waals surface area contributed by atoms with Gasteiger partial charge in [-0.25, -0.2) is 4.98 Å². The van der Waals surface area contributed by atoms with Gasteiger partial charge < -0.3 is 13.7 Å². The Morgan fingerprint density at radius 1 is 0.519 bits per heavy atom. The first-order valence-corrected chi connectivity index (χ1v) is 17.7. The van der Waals surface area contributed by atoms with Gasteiger partial charge in [0.1, 0.15) is 5.82 Å². The number of rotatable bonds is 5. The minimum absolute atomic E-state index is 0. The van der Waals surface area contributed by atoms with E-state index in [0.29, 0.717) is 11.5 Å². The van der Waals surface area contributed by atoms with Crippen LogP contribution in [0.2, 0.25) is 0 Å². The molecule has 7 aromatic carbocycles. The van der Waals surface area contributed by atoms with E-state index in [2.05, 4.69) is 153 Å². The summed E-state index contributed by atoms with van der Waals surface area (Å²) in [7, 11) is 0. The molecule has 0 radical (unpaired) electrons. The molecule has 11 rings (SSSR count). The average Bonchev–Trinajstić information content (AvgIpc) is 3.78. The van der Waals surface area contributed by atoms with E-state index in [1.807, 2.05) is 42.6 Å². The van der Waals surface area contributed by atoms with Crippen molar-refractivity contribution in [3.05, 3.63) is 182 Å². The molecule has 0 aliphatic carbocycles. The summed E-state index contributed by atoms with van der Waals surface area (Å²) in [5.41, 5.74) is 10.5. The smallest absolute Gasteiger partial charge is 0.503 e. The summed E-state index contributed by atoms with van der Waals surface area (Å²) in [5.74, 6) is 2.01. The number of ether oxygens (including phenoxy) is 1. The maximum atomic E-state index is 6.62. The minimum atomic E-state index is 0. The van der Waals surface area contributed by atoms with E-state index >= 15 is 0 Å². The Morgan fingerprint density at radius 3 is 2.00 bits per heavy atom. The molecule has 4 aromatic heterocycles. The number of imidazole rings is 1. The quantitative estimate of drug-likeness (QED) is 0.0992. The number of nitrogens with zero attached hydrogens (tertiary/aromatic N) is 4. The van der Waals surface area contributed by atoms with Gasteiger partial charge in [-0.2, -0.15) is 6.07 Å². The molecule has 4 heterocycles. The van der Waals surface area contributed by atoms with Crippen molar-refractivity contribution >= 4 is 60.2 Å². The first-order chi connectivity index (χ1) is 26.3. The standard InChI is InChI=1S/C48H28N4O.Pd/c1-3-13-31(14-4-1)33-27-39(32-15-5-2-6-16-32)47-40(28-33)36-24-22-34(29-41(36)48-50-42-18-8-10-20-44(42)52(47)48)53-35-23-25-38-37-17-7-9-19-43(37)51(45(38)30-35)46-21-11-12-26-49-46;/h1-28H;/q-2;+2. The minimum Gasteiger partial charge on any atom is -0.503 e. The van der Waals surface area contributed by atoms with Gasteiger partial charge in [-0.3, -0.25) is 4.98 Å². The van der Waals surface area contributed by atoms with Crippen molar-refractivity contribution in [2.45, 2.75) is 0 Å². The summed E-state index contributed by atoms with van der Waals surface area (Å²) >= 11 is 0. The van der Waals surface area contributed by atoms with Crippen molar-refractivity contribution in [2.24, 2.45) is 0 Å². The topological polar surface area (TPSA) is 44.3 Å². The molecule has 0 spiro atoms. The van der Waals surface area contributed by atoms with Crippen molar-refractivity contribution in [2.75, 3.05) is 0 Å². The molecule has 0 saturated heterocycles. The summed E-state index contributed by atoms with van der Waals surface area (Å²) in [6.07, 6.45) is 1.81. The van der Waals surface area contributed by atoms with Crippen LogP contribution in [-0.4, -0.2) is 18.9 Å². The van der Waals surface area contributed by atoms with Crippen LogP contribution in [0.1, 0.15) is 0 Å². The first-order valence-electron chi connectivity index (χ1n) is 17.7. The van der Waals surface area contributed by atoms with Gasteiger partial charge in [0.25, 0.3) is 0 Å². The molecular formula is C48H28N4OPd. The number of aromatic nitrogens is 4. The molecule has 0 aliphatic rings. The van der Waals surface area contributed by atoms with E-state index < -0.39 is 0 Å². The molecule has 0 bridgehead atoms. The van der Waals surface area contributed by atoms with Crippen LogP contribution in [0.15, 0.2) is 170 Å². The maximum Gasteiger partial charge on any atom is 2.00 e. The van der Waals surface area contributed by atoms with Crippen LogP contribution in [0.25, 0.3) is 88.2 Å². The molecule has 0 saturated carbocycles. The summed E-state index contributed by atoms with van der Waals surface area (Å²) in [4.78, 5) is 9.90. The van der Waals surface area contributed by atoms with Crippen LogP contribution in [0.3, 0.4) is 0 Å². The maximum absolute atomic E-state index is 6.62. The average molecular weight is 783 g/mol. The molecular weight excluding hydrogens is 755 g/mol. The molecule has 0 aliphatic heterocycles. The van der Waals surface area contributed by atoms with Crippen molar-refractivity contribution in [1.29, 1.82) is 0 Å². The van der Waals surface area contributed by atoms with E-state index in [0.717, 1.165) is 88.2 Å². The van der Waals surface area contributed by atoms with Crippen LogP contribution in [-0.2, 0) is 20.4 Å². The van der Waals surface area contributed by atoms with E-state index in [-0.39, 0.29) is 20.4 Å². The van der Waals surface area contributed by atoms with Gasteiger partial charge in [-0.05, 0) is 63.9 Å². The summed E-state index contributed by atoms with van der Waals surface area (Å²) in [6, 6.07) is 64.0. The largest absolute Gasteiger partial charge is 2.00 e. The Morgan fingerprint density at radius 2 is 1.20 bits per heavy atom. The van der Waals surface area contributed by atoms with E-state index in [4.69, 9.17) is 9.72 Å². The molecule has 256 valence electrons. The molecule has 5 nitrogen and oxygen atoms in total. The third kappa shape index (κ3) is 5.04. The second-order valence-corrected chi connectivity index (χ2v) is 13.3. The summed E-state index contributed by atoms with van der Waals surface area (Å²) < 4.78 is 11.1. The Balaban J connectivity index is 0.00000361. The van der Waals surface area contributed by atoms with Gasteiger partial charge in [0.15, 0.2) is 0 Å². The molecule has 11 aromatic rings. The summed E-state index contributed by atoms with van der Waals surface area (Å²) in [6.45, 7) is 0. The van der Waals surface area contributed by atoms with E-state index in [9.17, 15) is 0 Å². The van der Waals surface area contributed by atoms with Crippen molar-refractivity contribution < 1.29 is 25.2 Å². The zero-order valence-corrected chi connectivity index (χ0v) is 30.2. The number of benzene rings is 7. The summed E-state index contributed by atoms with van der Waals surface area (Å²) in [5, 5.41) is 5.28. The third-order valence-electron chi connectivity index (χ3n) is 10.2. The van der Waals surface area contributed by atoms with Gasteiger partial charge in [0.2, 0.25) is 0 Å². The van der Waals surface area contributed by atoms with Crippen LogP contribution in [0.4, 0.5) is 0 Å². The fourth-order valence-corrected chi connectivity index (χ4v) is 7.85. The Kier molecular flexibility index (Phi) is 7.62. The predicted molar refractivity (Wildman–Crippen MR) is 215 cm³/mol. The number of pyridine rings is 2. The molecule has 0 fully saturated rings. The number of para-hydroxylation sites is 3. The predicted octanol–water partition coefficient (Wildman–Crippen LogP) is 12.0. The van der Waals surface area contributed by atoms with Crippen LogP contribution in [0.5, 0.6) is 11.5 Å². The zero-order valence-electron chi connectivity index (χ0n) is 28.7. The fraction of sp³-hybridized carbons (Fsp3) is 0. The van der Waals surface area contributed by atoms with Crippen LogP contribution >= 0.6 is 0 Å². The van der Waals surface area contributed by atoms with Gasteiger partial charge in [-0.1, -0.05) is 125 Å². The van der Waals surface area contributed by atoms with E-state index in [1.54, 1.807) is 0 Å². The molecule has 0 amide bonds. The molecule has 0 atom stereocenters. The van der Waals surface area contributed by atoms with E-state index in [1.165, 1.54) is 0 Å². The van der Waals surface area contributed by atoms with Crippen molar-refractivity contribution in [1.82, 2.24) is 18.9 Å². The van der Waals surface area contributed by atoms with Gasteiger partial charge >= 0.3 is 20.4 Å². The monoisotopic (exact) mass is 782 g/mol. The number of hydrogen-bond donors (Lipinski definition) is 0. The molecule has 6 heteroatoms. The SMILES string of the molecule is [Pd+2].[c-]1c(Oc2[c-]c3c(cc2)c2ccccc2n3-c2ccccn2)ccc2c1c1nc3ccccc3n1c1c(-c3ccccc3)cc(-c3ccccc3)cc21. The van der Waals surface area contributed by atoms with Gasteiger partial charge in [0, 0.05) is 34.3 Å². The molecule has 54 heavy (non-hydrogen) atoms. The Hall–Kier alpha value is -6.58. The van der Waals surface area contributed by atoms with Crippen LogP contribution < -0.4 is 4.74 Å². The third-order valence-corrected chi connectivity index (χ3v) is 10.2. The van der Waals surface area contributed by atoms with Gasteiger partial charge in [-0.15, -0.1) is 29.7 Å².